The van der Waals surface area contributed by atoms with E-state index in [1.54, 1.807) is 0 Å². The van der Waals surface area contributed by atoms with Gasteiger partial charge in [0.1, 0.15) is 6.04 Å². The molecule has 1 unspecified atom stereocenters. The predicted octanol–water partition coefficient (Wildman–Crippen LogP) is 2.64. The van der Waals surface area contributed by atoms with Crippen molar-refractivity contribution < 1.29 is 0 Å². The van der Waals surface area contributed by atoms with E-state index >= 15 is 0 Å². The van der Waals surface area contributed by atoms with Gasteiger partial charge in [-0.1, -0.05) is 40.5 Å². The normalized spacial score (nSPS) is 13.0. The van der Waals surface area contributed by atoms with Crippen molar-refractivity contribution in [2.75, 3.05) is 26.2 Å². The fourth-order valence-corrected chi connectivity index (χ4v) is 1.97. The Balaban J connectivity index is 4.12. The van der Waals surface area contributed by atoms with Gasteiger partial charge in [0.15, 0.2) is 0 Å². The van der Waals surface area contributed by atoms with Crippen LogP contribution >= 0.6 is 0 Å². The predicted molar refractivity (Wildman–Crippen MR) is 73.9 cm³/mol. The van der Waals surface area contributed by atoms with Gasteiger partial charge in [0.25, 0.3) is 0 Å². The van der Waals surface area contributed by atoms with Crippen LogP contribution in [0.25, 0.3) is 0 Å². The standard InChI is InChI=1S/C14H29N3/c1-5-9-16-14(10-15)12-17(8-4)11-13(6-2)7-3/h13-14,16H,5-9,11-12H2,1-4H3. The van der Waals surface area contributed by atoms with Crippen molar-refractivity contribution in [3.8, 4) is 6.07 Å². The number of nitriles is 1. The summed E-state index contributed by atoms with van der Waals surface area (Å²) in [6.45, 7) is 12.7. The lowest BCUT2D eigenvalue weighted by Crippen LogP contribution is -2.42. The molecular formula is C14H29N3. The average molecular weight is 239 g/mol. The Morgan fingerprint density at radius 1 is 1.12 bits per heavy atom. The Hall–Kier alpha value is -0.590. The van der Waals surface area contributed by atoms with E-state index in [4.69, 9.17) is 5.26 Å². The monoisotopic (exact) mass is 239 g/mol. The molecule has 17 heavy (non-hydrogen) atoms. The SMILES string of the molecule is CCCNC(C#N)CN(CC)CC(CC)CC. The van der Waals surface area contributed by atoms with Crippen LogP contribution in [-0.4, -0.2) is 37.1 Å². The molecule has 0 aromatic carbocycles. The zero-order chi connectivity index (χ0) is 13.1. The lowest BCUT2D eigenvalue weighted by Gasteiger charge is -2.27. The molecule has 0 heterocycles. The molecule has 0 amide bonds. The number of hydrogen-bond acceptors (Lipinski definition) is 3. The van der Waals surface area contributed by atoms with Crippen LogP contribution in [-0.2, 0) is 0 Å². The summed E-state index contributed by atoms with van der Waals surface area (Å²) in [7, 11) is 0. The Morgan fingerprint density at radius 2 is 1.76 bits per heavy atom. The summed E-state index contributed by atoms with van der Waals surface area (Å²) in [4.78, 5) is 2.40. The first kappa shape index (κ1) is 16.4. The topological polar surface area (TPSA) is 39.1 Å². The van der Waals surface area contributed by atoms with E-state index in [0.29, 0.717) is 0 Å². The summed E-state index contributed by atoms with van der Waals surface area (Å²) in [5.74, 6) is 0.764. The maximum Gasteiger partial charge on any atom is 0.108 e. The molecule has 0 rings (SSSR count). The van der Waals surface area contributed by atoms with Gasteiger partial charge in [-0.3, -0.25) is 0 Å². The molecule has 0 radical (unpaired) electrons. The Bertz CT molecular complexity index is 206. The van der Waals surface area contributed by atoms with E-state index in [-0.39, 0.29) is 6.04 Å². The third kappa shape index (κ3) is 7.36. The molecule has 0 aromatic rings. The molecule has 0 aromatic heterocycles. The summed E-state index contributed by atoms with van der Waals surface area (Å²) < 4.78 is 0. The molecular weight excluding hydrogens is 210 g/mol. The Morgan fingerprint density at radius 3 is 2.18 bits per heavy atom. The van der Waals surface area contributed by atoms with E-state index in [0.717, 1.165) is 38.5 Å². The maximum atomic E-state index is 9.11. The van der Waals surface area contributed by atoms with Crippen LogP contribution in [0.1, 0.15) is 47.0 Å². The quantitative estimate of drug-likeness (QED) is 0.637. The van der Waals surface area contributed by atoms with E-state index in [1.807, 2.05) is 0 Å². The van der Waals surface area contributed by atoms with Crippen LogP contribution in [0.5, 0.6) is 0 Å². The molecule has 1 atom stereocenters. The average Bonchev–Trinajstić information content (AvgIpc) is 2.38. The first-order valence-electron chi connectivity index (χ1n) is 7.06. The highest BCUT2D eigenvalue weighted by molar-refractivity contribution is 4.92. The second-order valence-electron chi connectivity index (χ2n) is 4.67. The molecule has 3 nitrogen and oxygen atoms in total. The van der Waals surface area contributed by atoms with Crippen LogP contribution in [0, 0.1) is 17.2 Å². The lowest BCUT2D eigenvalue weighted by molar-refractivity contribution is 0.222. The van der Waals surface area contributed by atoms with Crippen molar-refractivity contribution in [3.63, 3.8) is 0 Å². The molecule has 0 aliphatic carbocycles. The Kier molecular flexibility index (Phi) is 10.2. The van der Waals surface area contributed by atoms with Crippen molar-refractivity contribution in [3.05, 3.63) is 0 Å². The van der Waals surface area contributed by atoms with E-state index in [2.05, 4.69) is 44.0 Å². The molecule has 0 bridgehead atoms. The van der Waals surface area contributed by atoms with Gasteiger partial charge in [0.2, 0.25) is 0 Å². The van der Waals surface area contributed by atoms with Crippen LogP contribution in [0.15, 0.2) is 0 Å². The molecule has 0 saturated heterocycles. The smallest absolute Gasteiger partial charge is 0.108 e. The number of likely N-dealkylation sites (N-methyl/N-ethyl adjacent to an activating group) is 1. The van der Waals surface area contributed by atoms with Gasteiger partial charge in [0, 0.05) is 13.1 Å². The third-order valence-electron chi connectivity index (χ3n) is 3.36. The highest BCUT2D eigenvalue weighted by atomic mass is 15.1. The van der Waals surface area contributed by atoms with Gasteiger partial charge in [-0.15, -0.1) is 0 Å². The summed E-state index contributed by atoms with van der Waals surface area (Å²) in [6, 6.07) is 2.33. The molecule has 0 saturated carbocycles. The van der Waals surface area contributed by atoms with Crippen LogP contribution in [0.3, 0.4) is 0 Å². The van der Waals surface area contributed by atoms with E-state index < -0.39 is 0 Å². The minimum absolute atomic E-state index is 0.0238. The van der Waals surface area contributed by atoms with Crippen LogP contribution < -0.4 is 5.32 Å². The highest BCUT2D eigenvalue weighted by Gasteiger charge is 2.14. The Labute approximate surface area is 107 Å². The number of hydrogen-bond donors (Lipinski definition) is 1. The summed E-state index contributed by atoms with van der Waals surface area (Å²) in [5.41, 5.74) is 0. The van der Waals surface area contributed by atoms with Gasteiger partial charge in [-0.05, 0) is 25.4 Å². The summed E-state index contributed by atoms with van der Waals surface area (Å²) >= 11 is 0. The van der Waals surface area contributed by atoms with Gasteiger partial charge in [-0.25, -0.2) is 0 Å². The van der Waals surface area contributed by atoms with Crippen molar-refractivity contribution >= 4 is 0 Å². The molecule has 0 aliphatic heterocycles. The largest absolute Gasteiger partial charge is 0.301 e. The van der Waals surface area contributed by atoms with Gasteiger partial charge in [0.05, 0.1) is 6.07 Å². The zero-order valence-electron chi connectivity index (χ0n) is 12.0. The minimum Gasteiger partial charge on any atom is -0.301 e. The van der Waals surface area contributed by atoms with Crippen molar-refractivity contribution in [2.24, 2.45) is 5.92 Å². The van der Waals surface area contributed by atoms with E-state index in [9.17, 15) is 0 Å². The number of rotatable bonds is 10. The molecule has 0 spiro atoms. The van der Waals surface area contributed by atoms with Crippen molar-refractivity contribution in [1.29, 1.82) is 5.26 Å². The highest BCUT2D eigenvalue weighted by Crippen LogP contribution is 2.10. The molecule has 0 aliphatic rings. The summed E-state index contributed by atoms with van der Waals surface area (Å²) in [5, 5.41) is 12.4. The first-order chi connectivity index (χ1) is 8.21. The molecule has 100 valence electrons. The minimum atomic E-state index is -0.0238. The number of nitrogens with zero attached hydrogens (tertiary/aromatic N) is 2. The van der Waals surface area contributed by atoms with Gasteiger partial charge in [-0.2, -0.15) is 5.26 Å². The van der Waals surface area contributed by atoms with Gasteiger partial charge >= 0.3 is 0 Å². The second kappa shape index (κ2) is 10.6. The fraction of sp³-hybridized carbons (Fsp3) is 0.929. The second-order valence-corrected chi connectivity index (χ2v) is 4.67. The first-order valence-corrected chi connectivity index (χ1v) is 7.06. The fourth-order valence-electron chi connectivity index (χ4n) is 1.97. The zero-order valence-corrected chi connectivity index (χ0v) is 12.0. The summed E-state index contributed by atoms with van der Waals surface area (Å²) in [6.07, 6.45) is 3.54. The molecule has 0 fully saturated rings. The van der Waals surface area contributed by atoms with Crippen molar-refractivity contribution in [1.82, 2.24) is 10.2 Å². The van der Waals surface area contributed by atoms with Crippen molar-refractivity contribution in [2.45, 2.75) is 53.0 Å². The van der Waals surface area contributed by atoms with Crippen LogP contribution in [0.2, 0.25) is 0 Å². The third-order valence-corrected chi connectivity index (χ3v) is 3.36. The van der Waals surface area contributed by atoms with Gasteiger partial charge < -0.3 is 10.2 Å². The lowest BCUT2D eigenvalue weighted by atomic mass is 10.0. The van der Waals surface area contributed by atoms with Crippen LogP contribution in [0.4, 0.5) is 0 Å². The molecule has 1 N–H and O–H groups in total. The van der Waals surface area contributed by atoms with E-state index in [1.165, 1.54) is 12.8 Å². The molecule has 3 heteroatoms. The maximum absolute atomic E-state index is 9.11. The number of nitrogens with one attached hydrogen (secondary N) is 1.